The maximum atomic E-state index is 12.1. The highest BCUT2D eigenvalue weighted by Gasteiger charge is 2.19. The average Bonchev–Trinajstić information content (AvgIpc) is 3.11. The van der Waals surface area contributed by atoms with Crippen LogP contribution in [0.2, 0.25) is 5.02 Å². The molecule has 0 unspecified atom stereocenters. The van der Waals surface area contributed by atoms with Crippen LogP contribution in [0.15, 0.2) is 58.5 Å². The van der Waals surface area contributed by atoms with Gasteiger partial charge >= 0.3 is 0 Å². The van der Waals surface area contributed by atoms with Crippen molar-refractivity contribution in [3.63, 3.8) is 0 Å². The van der Waals surface area contributed by atoms with Crippen molar-refractivity contribution >= 4 is 44.6 Å². The van der Waals surface area contributed by atoms with Crippen molar-refractivity contribution in [1.29, 1.82) is 0 Å². The molecular weight excluding hydrogens is 381 g/mol. The van der Waals surface area contributed by atoms with Crippen LogP contribution in [0.1, 0.15) is 12.0 Å². The van der Waals surface area contributed by atoms with E-state index >= 15 is 0 Å². The first-order chi connectivity index (χ1) is 12.0. The lowest BCUT2D eigenvalue weighted by Crippen LogP contribution is -2.25. The smallest absolute Gasteiger partial charge is 0.240 e. The third kappa shape index (κ3) is 4.33. The van der Waals surface area contributed by atoms with Gasteiger partial charge in [0.05, 0.1) is 16.3 Å². The maximum absolute atomic E-state index is 12.1. The summed E-state index contributed by atoms with van der Waals surface area (Å²) in [7, 11) is -3.52. The third-order valence-corrected chi connectivity index (χ3v) is 5.73. The number of rotatable bonds is 6. The normalized spacial score (nSPS) is 14.6. The van der Waals surface area contributed by atoms with Gasteiger partial charge < -0.3 is 0 Å². The fourth-order valence-corrected chi connectivity index (χ4v) is 3.91. The molecule has 0 saturated heterocycles. The van der Waals surface area contributed by atoms with Crippen molar-refractivity contribution in [3.05, 3.63) is 59.1 Å². The predicted molar refractivity (Wildman–Crippen MR) is 102 cm³/mol. The fourth-order valence-electron chi connectivity index (χ4n) is 2.54. The molecule has 8 heteroatoms. The summed E-state index contributed by atoms with van der Waals surface area (Å²) in [6, 6.07) is 14.2. The van der Waals surface area contributed by atoms with Crippen LogP contribution in [-0.4, -0.2) is 33.1 Å². The zero-order valence-corrected chi connectivity index (χ0v) is 15.7. The van der Waals surface area contributed by atoms with Gasteiger partial charge in [0.1, 0.15) is 0 Å². The lowest BCUT2D eigenvalue weighted by atomic mass is 10.1. The van der Waals surface area contributed by atoms with Gasteiger partial charge in [-0.05, 0) is 42.0 Å². The van der Waals surface area contributed by atoms with Gasteiger partial charge in [0.25, 0.3) is 0 Å². The predicted octanol–water partition coefficient (Wildman–Crippen LogP) is 3.47. The molecule has 3 rings (SSSR count). The highest BCUT2D eigenvalue weighted by Crippen LogP contribution is 2.24. The van der Waals surface area contributed by atoms with Crippen LogP contribution in [0.3, 0.4) is 0 Å². The topological polar surface area (TPSA) is 61.8 Å². The number of benzene rings is 2. The van der Waals surface area contributed by atoms with Crippen LogP contribution in [0.5, 0.6) is 0 Å². The van der Waals surface area contributed by atoms with Crippen LogP contribution in [0.25, 0.3) is 0 Å². The molecule has 5 nitrogen and oxygen atoms in total. The van der Waals surface area contributed by atoms with Crippen LogP contribution in [0.4, 0.5) is 5.69 Å². The molecule has 2 aromatic carbocycles. The van der Waals surface area contributed by atoms with E-state index in [2.05, 4.69) is 9.82 Å². The molecular formula is C17H17Cl2N3O2S. The molecule has 0 spiro atoms. The van der Waals surface area contributed by atoms with Gasteiger partial charge in [-0.1, -0.05) is 23.7 Å². The van der Waals surface area contributed by atoms with Gasteiger partial charge in [0.2, 0.25) is 10.0 Å². The Morgan fingerprint density at radius 2 is 1.76 bits per heavy atom. The average molecular weight is 398 g/mol. The molecule has 0 atom stereocenters. The van der Waals surface area contributed by atoms with E-state index in [1.54, 1.807) is 24.3 Å². The molecule has 0 amide bonds. The maximum Gasteiger partial charge on any atom is 0.240 e. The first-order valence-electron chi connectivity index (χ1n) is 7.76. The van der Waals surface area contributed by atoms with E-state index in [0.717, 1.165) is 29.9 Å². The summed E-state index contributed by atoms with van der Waals surface area (Å²) in [4.78, 5) is 0.211. The Balaban J connectivity index is 1.76. The first-order valence-corrected chi connectivity index (χ1v) is 10.2. The van der Waals surface area contributed by atoms with Crippen molar-refractivity contribution in [2.45, 2.75) is 11.3 Å². The number of anilines is 1. The third-order valence-electron chi connectivity index (χ3n) is 3.81. The summed E-state index contributed by atoms with van der Waals surface area (Å²) in [6.07, 6.45) is 0.818. The Kier molecular flexibility index (Phi) is 5.64. The van der Waals surface area contributed by atoms with E-state index in [4.69, 9.17) is 23.2 Å². The fraction of sp³-hybridized carbons (Fsp3) is 0.235. The van der Waals surface area contributed by atoms with Crippen molar-refractivity contribution in [2.75, 3.05) is 24.0 Å². The van der Waals surface area contributed by atoms with Crippen LogP contribution in [-0.2, 0) is 10.0 Å². The minimum Gasteiger partial charge on any atom is -0.265 e. The molecule has 25 heavy (non-hydrogen) atoms. The van der Waals surface area contributed by atoms with Gasteiger partial charge in [-0.25, -0.2) is 13.1 Å². The molecule has 0 aromatic heterocycles. The summed E-state index contributed by atoms with van der Waals surface area (Å²) in [5, 5.41) is 7.18. The van der Waals surface area contributed by atoms with Gasteiger partial charge in [-0.3, -0.25) is 5.01 Å². The Bertz CT molecular complexity index is 866. The summed E-state index contributed by atoms with van der Waals surface area (Å²) in [5.41, 5.74) is 2.87. The molecule has 0 radical (unpaired) electrons. The van der Waals surface area contributed by atoms with Crippen LogP contribution in [0, 0.1) is 0 Å². The Morgan fingerprint density at radius 3 is 2.40 bits per heavy atom. The monoisotopic (exact) mass is 397 g/mol. The number of hydrogen-bond donors (Lipinski definition) is 1. The summed E-state index contributed by atoms with van der Waals surface area (Å²) in [5.74, 6) is 0.229. The number of sulfonamides is 1. The highest BCUT2D eigenvalue weighted by atomic mass is 35.5. The van der Waals surface area contributed by atoms with E-state index in [-0.39, 0.29) is 17.3 Å². The first kappa shape index (κ1) is 18.2. The molecule has 2 aromatic rings. The molecule has 1 aliphatic rings. The van der Waals surface area contributed by atoms with E-state index in [0.29, 0.717) is 5.02 Å². The summed E-state index contributed by atoms with van der Waals surface area (Å²) >= 11 is 11.4. The number of alkyl halides is 1. The molecule has 1 aliphatic heterocycles. The van der Waals surface area contributed by atoms with Crippen LogP contribution < -0.4 is 9.73 Å². The van der Waals surface area contributed by atoms with Crippen LogP contribution >= 0.6 is 23.2 Å². The Morgan fingerprint density at radius 1 is 1.08 bits per heavy atom. The largest absolute Gasteiger partial charge is 0.265 e. The summed E-state index contributed by atoms with van der Waals surface area (Å²) < 4.78 is 26.6. The van der Waals surface area contributed by atoms with E-state index in [1.807, 2.05) is 29.3 Å². The van der Waals surface area contributed by atoms with Gasteiger partial charge in [-0.15, -0.1) is 11.6 Å². The minimum absolute atomic E-state index is 0.201. The molecule has 132 valence electrons. The molecule has 0 aliphatic carbocycles. The van der Waals surface area contributed by atoms with Gasteiger partial charge in [0, 0.05) is 30.4 Å². The second kappa shape index (κ2) is 7.74. The quantitative estimate of drug-likeness (QED) is 0.758. The number of nitrogens with one attached hydrogen (secondary N) is 1. The minimum atomic E-state index is -3.52. The number of hydrogen-bond acceptors (Lipinski definition) is 4. The SMILES string of the molecule is O=S(=O)(NCCCl)c1ccc(N2CCC(c3ccc(Cl)cc3)=N2)cc1. The summed E-state index contributed by atoms with van der Waals surface area (Å²) in [6.45, 7) is 0.946. The lowest BCUT2D eigenvalue weighted by Gasteiger charge is -2.14. The van der Waals surface area contributed by atoms with Crippen molar-refractivity contribution in [1.82, 2.24) is 4.72 Å². The molecule has 0 fully saturated rings. The Labute approximate surface area is 157 Å². The van der Waals surface area contributed by atoms with E-state index in [9.17, 15) is 8.42 Å². The second-order valence-corrected chi connectivity index (χ2v) is 8.09. The number of hydrazone groups is 1. The molecule has 1 N–H and O–H groups in total. The van der Waals surface area contributed by atoms with Crippen molar-refractivity contribution < 1.29 is 8.42 Å². The zero-order valence-electron chi connectivity index (χ0n) is 13.3. The van der Waals surface area contributed by atoms with E-state index < -0.39 is 10.0 Å². The Hall–Kier alpha value is -1.60. The van der Waals surface area contributed by atoms with Gasteiger partial charge in [0.15, 0.2) is 0 Å². The molecule has 0 saturated carbocycles. The van der Waals surface area contributed by atoms with E-state index in [1.165, 1.54) is 0 Å². The number of halogens is 2. The standard InChI is InChI=1S/C17H17Cl2N3O2S/c18-10-11-20-25(23,24)16-7-5-15(6-8-16)22-12-9-17(21-22)13-1-3-14(19)4-2-13/h1-8,20H,9-12H2. The lowest BCUT2D eigenvalue weighted by molar-refractivity contribution is 0.584. The molecule has 0 bridgehead atoms. The molecule has 1 heterocycles. The number of nitrogens with zero attached hydrogens (tertiary/aromatic N) is 2. The zero-order chi connectivity index (χ0) is 17.9. The van der Waals surface area contributed by atoms with Crippen molar-refractivity contribution in [3.8, 4) is 0 Å². The second-order valence-electron chi connectivity index (χ2n) is 5.51. The highest BCUT2D eigenvalue weighted by molar-refractivity contribution is 7.89. The van der Waals surface area contributed by atoms with Gasteiger partial charge in [-0.2, -0.15) is 5.10 Å². The van der Waals surface area contributed by atoms with Crippen molar-refractivity contribution in [2.24, 2.45) is 5.10 Å².